The first-order chi connectivity index (χ1) is 8.50. The van der Waals surface area contributed by atoms with E-state index >= 15 is 0 Å². The van der Waals surface area contributed by atoms with Crippen molar-refractivity contribution >= 4 is 18.4 Å². The highest BCUT2D eigenvalue weighted by Gasteiger charge is 2.40. The maximum atomic E-state index is 11.3. The van der Waals surface area contributed by atoms with E-state index in [1.807, 2.05) is 49.1 Å². The quantitative estimate of drug-likeness (QED) is 0.925. The molecule has 1 saturated heterocycles. The number of hydrogen-bond acceptors (Lipinski definition) is 3. The number of rotatable bonds is 3. The van der Waals surface area contributed by atoms with Gasteiger partial charge in [0.1, 0.15) is 6.04 Å². The molecule has 0 saturated carbocycles. The lowest BCUT2D eigenvalue weighted by atomic mass is 9.97. The molecule has 1 heterocycles. The van der Waals surface area contributed by atoms with Crippen molar-refractivity contribution in [1.82, 2.24) is 4.90 Å². The minimum absolute atomic E-state index is 0. The summed E-state index contributed by atoms with van der Waals surface area (Å²) < 4.78 is 5.40. The van der Waals surface area contributed by atoms with E-state index in [1.54, 1.807) is 0 Å². The second kappa shape index (κ2) is 6.37. The fourth-order valence-electron chi connectivity index (χ4n) is 2.32. The van der Waals surface area contributed by atoms with Gasteiger partial charge >= 0.3 is 5.97 Å². The van der Waals surface area contributed by atoms with Gasteiger partial charge in [0.2, 0.25) is 0 Å². The second-order valence-corrected chi connectivity index (χ2v) is 5.30. The molecule has 0 aromatic heterocycles. The van der Waals surface area contributed by atoms with E-state index in [0.717, 1.165) is 5.56 Å². The molecule has 106 valence electrons. The number of nitrogens with zero attached hydrogens (tertiary/aromatic N) is 1. The summed E-state index contributed by atoms with van der Waals surface area (Å²) in [6.45, 7) is 5.49. The van der Waals surface area contributed by atoms with Crippen LogP contribution in [0, 0.1) is 0 Å². The molecule has 1 aliphatic heterocycles. The van der Waals surface area contributed by atoms with Crippen molar-refractivity contribution in [2.24, 2.45) is 0 Å². The third-order valence-electron chi connectivity index (χ3n) is 3.37. The summed E-state index contributed by atoms with van der Waals surface area (Å²) in [6.07, 6.45) is 0. The maximum absolute atomic E-state index is 11.3. The number of morpholine rings is 1. The van der Waals surface area contributed by atoms with Crippen LogP contribution in [-0.4, -0.2) is 40.8 Å². The highest BCUT2D eigenvalue weighted by molar-refractivity contribution is 5.85. The highest BCUT2D eigenvalue weighted by Crippen LogP contribution is 2.26. The van der Waals surface area contributed by atoms with Crippen LogP contribution in [0.25, 0.3) is 0 Å². The van der Waals surface area contributed by atoms with E-state index in [1.165, 1.54) is 0 Å². The summed E-state index contributed by atoms with van der Waals surface area (Å²) in [5, 5.41) is 9.30. The van der Waals surface area contributed by atoms with Gasteiger partial charge < -0.3 is 9.84 Å². The van der Waals surface area contributed by atoms with Gasteiger partial charge in [-0.2, -0.15) is 0 Å². The highest BCUT2D eigenvalue weighted by atomic mass is 35.5. The summed E-state index contributed by atoms with van der Waals surface area (Å²) in [7, 11) is 0. The van der Waals surface area contributed by atoms with E-state index in [4.69, 9.17) is 4.74 Å². The Morgan fingerprint density at radius 2 is 2.05 bits per heavy atom. The lowest BCUT2D eigenvalue weighted by Gasteiger charge is -2.45. The summed E-state index contributed by atoms with van der Waals surface area (Å²) in [5.41, 5.74) is 0.857. The Balaban J connectivity index is 0.00000180. The number of ether oxygens (including phenoxy) is 1. The van der Waals surface area contributed by atoms with Gasteiger partial charge in [-0.25, -0.2) is 0 Å². The van der Waals surface area contributed by atoms with Crippen molar-refractivity contribution in [1.29, 1.82) is 0 Å². The third-order valence-corrected chi connectivity index (χ3v) is 3.37. The van der Waals surface area contributed by atoms with E-state index < -0.39 is 12.0 Å². The lowest BCUT2D eigenvalue weighted by molar-refractivity contribution is -0.160. The van der Waals surface area contributed by atoms with Gasteiger partial charge in [-0.15, -0.1) is 12.4 Å². The molecule has 4 nitrogen and oxygen atoms in total. The van der Waals surface area contributed by atoms with Crippen molar-refractivity contribution in [3.8, 4) is 0 Å². The molecule has 1 N–H and O–H groups in total. The molecule has 1 aliphatic rings. The van der Waals surface area contributed by atoms with Gasteiger partial charge in [-0.05, 0) is 19.4 Å². The van der Waals surface area contributed by atoms with Gasteiger partial charge in [0.15, 0.2) is 0 Å². The molecular weight excluding hydrogens is 266 g/mol. The first-order valence-corrected chi connectivity index (χ1v) is 6.12. The summed E-state index contributed by atoms with van der Waals surface area (Å²) in [6, 6.07) is 9.36. The van der Waals surface area contributed by atoms with Crippen molar-refractivity contribution in [2.45, 2.75) is 32.0 Å². The van der Waals surface area contributed by atoms with Gasteiger partial charge in [0, 0.05) is 12.1 Å². The Labute approximate surface area is 119 Å². The molecule has 0 amide bonds. The zero-order chi connectivity index (χ0) is 13.2. The molecule has 19 heavy (non-hydrogen) atoms. The van der Waals surface area contributed by atoms with Crippen molar-refractivity contribution in [3.63, 3.8) is 0 Å². The molecular formula is C14H20ClNO3. The number of carbonyl (C=O) groups is 1. The third kappa shape index (κ3) is 3.69. The Morgan fingerprint density at radius 3 is 2.63 bits per heavy atom. The van der Waals surface area contributed by atoms with Crippen LogP contribution in [0.2, 0.25) is 0 Å². The summed E-state index contributed by atoms with van der Waals surface area (Å²) >= 11 is 0. The molecule has 1 aromatic carbocycles. The monoisotopic (exact) mass is 285 g/mol. The maximum Gasteiger partial charge on any atom is 0.323 e. The minimum atomic E-state index is -0.821. The predicted octanol–water partition coefficient (Wildman–Crippen LogP) is 2.17. The number of carboxylic acid groups (broad SMARTS) is 1. The van der Waals surface area contributed by atoms with Crippen LogP contribution in [0.15, 0.2) is 30.3 Å². The Bertz CT molecular complexity index is 422. The molecule has 2 rings (SSSR count). The van der Waals surface area contributed by atoms with Crippen LogP contribution in [0.1, 0.15) is 19.4 Å². The SMILES string of the molecule is CC1(C)COCC(C(=O)O)N1Cc1ccccc1.Cl. The van der Waals surface area contributed by atoms with Crippen LogP contribution in [-0.2, 0) is 16.1 Å². The minimum Gasteiger partial charge on any atom is -0.480 e. The Kier molecular flexibility index (Phi) is 5.35. The fourth-order valence-corrected chi connectivity index (χ4v) is 2.32. The molecule has 5 heteroatoms. The number of aliphatic carboxylic acids is 1. The van der Waals surface area contributed by atoms with Gasteiger partial charge in [-0.3, -0.25) is 9.69 Å². The van der Waals surface area contributed by atoms with E-state index in [0.29, 0.717) is 13.2 Å². The normalized spacial score (nSPS) is 22.5. The number of carboxylic acids is 1. The molecule has 0 spiro atoms. The fraction of sp³-hybridized carbons (Fsp3) is 0.500. The molecule has 0 radical (unpaired) electrons. The molecule has 0 aliphatic carbocycles. The van der Waals surface area contributed by atoms with E-state index in [-0.39, 0.29) is 24.6 Å². The van der Waals surface area contributed by atoms with Crippen LogP contribution < -0.4 is 0 Å². The van der Waals surface area contributed by atoms with Gasteiger partial charge in [0.05, 0.1) is 13.2 Å². The number of hydrogen-bond donors (Lipinski definition) is 1. The average Bonchev–Trinajstić information content (AvgIpc) is 2.32. The summed E-state index contributed by atoms with van der Waals surface area (Å²) in [5.74, 6) is -0.821. The summed E-state index contributed by atoms with van der Waals surface area (Å²) in [4.78, 5) is 13.3. The number of halogens is 1. The molecule has 0 bridgehead atoms. The van der Waals surface area contributed by atoms with Gasteiger partial charge in [0.25, 0.3) is 0 Å². The second-order valence-electron chi connectivity index (χ2n) is 5.30. The largest absolute Gasteiger partial charge is 0.480 e. The molecule has 1 unspecified atom stereocenters. The molecule has 1 aromatic rings. The van der Waals surface area contributed by atoms with Crippen molar-refractivity contribution < 1.29 is 14.6 Å². The van der Waals surface area contributed by atoms with Crippen LogP contribution in [0.5, 0.6) is 0 Å². The Morgan fingerprint density at radius 1 is 1.42 bits per heavy atom. The standard InChI is InChI=1S/C14H19NO3.ClH/c1-14(2)10-18-9-12(13(16)17)15(14)8-11-6-4-3-5-7-11;/h3-7,12H,8-10H2,1-2H3,(H,16,17);1H. The molecule has 1 fully saturated rings. The first-order valence-electron chi connectivity index (χ1n) is 6.12. The van der Waals surface area contributed by atoms with Crippen LogP contribution in [0.4, 0.5) is 0 Å². The predicted molar refractivity (Wildman–Crippen MR) is 75.6 cm³/mol. The van der Waals surface area contributed by atoms with Crippen molar-refractivity contribution in [3.05, 3.63) is 35.9 Å². The van der Waals surface area contributed by atoms with Crippen molar-refractivity contribution in [2.75, 3.05) is 13.2 Å². The number of benzene rings is 1. The average molecular weight is 286 g/mol. The van der Waals surface area contributed by atoms with E-state index in [2.05, 4.69) is 0 Å². The zero-order valence-corrected chi connectivity index (χ0v) is 12.0. The zero-order valence-electron chi connectivity index (χ0n) is 11.2. The lowest BCUT2D eigenvalue weighted by Crippen LogP contribution is -2.60. The Hall–Kier alpha value is -1.10. The van der Waals surface area contributed by atoms with Gasteiger partial charge in [-0.1, -0.05) is 30.3 Å². The van der Waals surface area contributed by atoms with Crippen LogP contribution >= 0.6 is 12.4 Å². The first kappa shape index (κ1) is 16.0. The van der Waals surface area contributed by atoms with E-state index in [9.17, 15) is 9.90 Å². The topological polar surface area (TPSA) is 49.8 Å². The smallest absolute Gasteiger partial charge is 0.323 e. The van der Waals surface area contributed by atoms with Crippen LogP contribution in [0.3, 0.4) is 0 Å². The molecule has 1 atom stereocenters.